The highest BCUT2D eigenvalue weighted by Gasteiger charge is 2.62. The quantitative estimate of drug-likeness (QED) is 0.357. The number of carbonyl (C=O) groups excluding carboxylic acids is 6. The first-order valence-electron chi connectivity index (χ1n) is 14.5. The van der Waals surface area contributed by atoms with Crippen LogP contribution in [0.1, 0.15) is 60.2 Å². The van der Waals surface area contributed by atoms with Gasteiger partial charge in [-0.25, -0.2) is 9.59 Å². The molecule has 0 bridgehead atoms. The molecule has 6 rings (SSSR count). The van der Waals surface area contributed by atoms with Gasteiger partial charge < -0.3 is 38.6 Å². The Balaban J connectivity index is 1.48. The molecule has 0 unspecified atom stereocenters. The van der Waals surface area contributed by atoms with Crippen LogP contribution < -0.4 is 9.47 Å². The number of aromatic hydroxyl groups is 2. The van der Waals surface area contributed by atoms with Crippen LogP contribution in [0, 0.1) is 11.8 Å². The van der Waals surface area contributed by atoms with E-state index in [0.717, 1.165) is 14.2 Å². The molecule has 2 N–H and O–H groups in total. The highest BCUT2D eigenvalue weighted by atomic mass is 16.6. The lowest BCUT2D eigenvalue weighted by Gasteiger charge is -2.41. The fraction of sp³-hybridized carbons (Fsp3) is 0.438. The summed E-state index contributed by atoms with van der Waals surface area (Å²) in [6.07, 6.45) is -3.66. The Hall–Kier alpha value is -5.14. The second kappa shape index (κ2) is 10.7. The van der Waals surface area contributed by atoms with Gasteiger partial charge in [0.15, 0.2) is 23.8 Å². The van der Waals surface area contributed by atoms with Crippen LogP contribution in [-0.4, -0.2) is 83.3 Å². The highest BCUT2D eigenvalue weighted by molar-refractivity contribution is 6.10. The number of benzene rings is 2. The lowest BCUT2D eigenvalue weighted by molar-refractivity contribution is -0.178. The van der Waals surface area contributed by atoms with Gasteiger partial charge in [-0.2, -0.15) is 0 Å². The molecular formula is C32H30O14. The molecule has 2 aromatic rings. The number of cyclic esters (lactones) is 2. The summed E-state index contributed by atoms with van der Waals surface area (Å²) in [4.78, 5) is 77.9. The van der Waals surface area contributed by atoms with E-state index in [1.54, 1.807) is 13.8 Å². The van der Waals surface area contributed by atoms with Crippen molar-refractivity contribution in [1.82, 2.24) is 0 Å². The summed E-state index contributed by atoms with van der Waals surface area (Å²) >= 11 is 0. The van der Waals surface area contributed by atoms with Gasteiger partial charge >= 0.3 is 23.9 Å². The van der Waals surface area contributed by atoms with Crippen LogP contribution in [0.3, 0.4) is 0 Å². The number of Topliss-reactive ketones (excluding diaryl/α,β-unsaturated/α-hetero) is 2. The Morgan fingerprint density at radius 1 is 0.739 bits per heavy atom. The SMILES string of the molecule is COC(=O)[C@]1([C@H]2OC(=O)C[C@H]2C)CC(=O)c2c(ccc(-c3ccc(O)c4c3O[C@@](C(=O)OC)([C@H]3OC(=O)C[C@H]3C)CC4=O)c2O)O1. The van der Waals surface area contributed by atoms with Gasteiger partial charge in [0.25, 0.3) is 0 Å². The van der Waals surface area contributed by atoms with E-state index < -0.39 is 95.0 Å². The van der Waals surface area contributed by atoms with E-state index in [4.69, 9.17) is 28.4 Å². The molecule has 0 aliphatic carbocycles. The maximum Gasteiger partial charge on any atom is 0.354 e. The molecule has 4 aliphatic heterocycles. The summed E-state index contributed by atoms with van der Waals surface area (Å²) in [5.41, 5.74) is -4.79. The molecule has 2 fully saturated rings. The lowest BCUT2D eigenvalue weighted by Crippen LogP contribution is -2.59. The maximum atomic E-state index is 13.7. The number of hydrogen-bond acceptors (Lipinski definition) is 14. The molecule has 0 saturated carbocycles. The van der Waals surface area contributed by atoms with Crippen LogP contribution in [0.4, 0.5) is 0 Å². The number of hydrogen-bond donors (Lipinski definition) is 2. The molecule has 242 valence electrons. The van der Waals surface area contributed by atoms with Gasteiger partial charge in [-0.05, 0) is 24.3 Å². The zero-order valence-electron chi connectivity index (χ0n) is 25.2. The Morgan fingerprint density at radius 3 is 1.74 bits per heavy atom. The van der Waals surface area contributed by atoms with E-state index in [9.17, 15) is 39.0 Å². The van der Waals surface area contributed by atoms with Crippen molar-refractivity contribution in [1.29, 1.82) is 0 Å². The second-order valence-corrected chi connectivity index (χ2v) is 12.0. The first-order valence-corrected chi connectivity index (χ1v) is 14.5. The van der Waals surface area contributed by atoms with Gasteiger partial charge in [-0.3, -0.25) is 19.2 Å². The minimum atomic E-state index is -2.12. The summed E-state index contributed by atoms with van der Waals surface area (Å²) in [6, 6.07) is 5.13. The Kier molecular flexibility index (Phi) is 7.21. The highest BCUT2D eigenvalue weighted by Crippen LogP contribution is 2.52. The third-order valence-corrected chi connectivity index (χ3v) is 9.05. The normalized spacial score (nSPS) is 29.9. The molecule has 6 atom stereocenters. The predicted molar refractivity (Wildman–Crippen MR) is 151 cm³/mol. The van der Waals surface area contributed by atoms with E-state index in [0.29, 0.717) is 0 Å². The number of phenols is 2. The topological polar surface area (TPSA) is 198 Å². The predicted octanol–water partition coefficient (Wildman–Crippen LogP) is 2.42. The molecule has 14 heteroatoms. The van der Waals surface area contributed by atoms with Crippen LogP contribution in [0.15, 0.2) is 24.3 Å². The zero-order valence-corrected chi connectivity index (χ0v) is 25.2. The van der Waals surface area contributed by atoms with E-state index in [2.05, 4.69) is 0 Å². The average molecular weight is 639 g/mol. The largest absolute Gasteiger partial charge is 0.507 e. The van der Waals surface area contributed by atoms with Gasteiger partial charge in [0, 0.05) is 23.0 Å². The smallest absolute Gasteiger partial charge is 0.354 e. The summed E-state index contributed by atoms with van der Waals surface area (Å²) in [5, 5.41) is 22.2. The molecule has 4 heterocycles. The van der Waals surface area contributed by atoms with Crippen molar-refractivity contribution < 1.29 is 67.4 Å². The van der Waals surface area contributed by atoms with E-state index in [1.807, 2.05) is 0 Å². The van der Waals surface area contributed by atoms with E-state index in [1.165, 1.54) is 24.3 Å². The Morgan fingerprint density at radius 2 is 1.24 bits per heavy atom. The van der Waals surface area contributed by atoms with Crippen molar-refractivity contribution in [2.24, 2.45) is 11.8 Å². The van der Waals surface area contributed by atoms with Crippen molar-refractivity contribution >= 4 is 35.4 Å². The number of phenolic OH excluding ortho intramolecular Hbond substituents is 2. The first-order chi connectivity index (χ1) is 21.8. The monoisotopic (exact) mass is 638 g/mol. The summed E-state index contributed by atoms with van der Waals surface area (Å²) in [6.45, 7) is 3.32. The molecule has 46 heavy (non-hydrogen) atoms. The number of ether oxygens (including phenoxy) is 6. The number of rotatable bonds is 5. The van der Waals surface area contributed by atoms with Crippen LogP contribution in [0.5, 0.6) is 23.0 Å². The van der Waals surface area contributed by atoms with Crippen molar-refractivity contribution in [2.75, 3.05) is 14.2 Å². The van der Waals surface area contributed by atoms with Gasteiger partial charge in [0.1, 0.15) is 34.1 Å². The zero-order chi connectivity index (χ0) is 33.3. The van der Waals surface area contributed by atoms with Crippen molar-refractivity contribution in [3.8, 4) is 34.1 Å². The minimum Gasteiger partial charge on any atom is -0.507 e. The Bertz CT molecular complexity index is 1730. The molecule has 0 spiro atoms. The summed E-state index contributed by atoms with van der Waals surface area (Å²) < 4.78 is 33.1. The number of carbonyl (C=O) groups is 6. The molecule has 4 aliphatic rings. The standard InChI is InChI=1S/C32H30O14/c1-13-9-21(36)43-27(13)31(29(39)41-3)12-19(35)24-20(45-31)8-6-15(25(24)38)16-5-7-17(33)23-18(34)11-32(30(40)42-4,46-26(16)23)28-14(2)10-22(37)44-28/h5-8,13-14,27-28,33,38H,9-12H2,1-4H3/t13-,14-,27+,28+,31-,32-/m1/s1. The average Bonchev–Trinajstić information content (AvgIpc) is 3.55. The fourth-order valence-electron chi connectivity index (χ4n) is 6.99. The molecule has 14 nitrogen and oxygen atoms in total. The van der Waals surface area contributed by atoms with Crippen LogP contribution in [0.2, 0.25) is 0 Å². The number of fused-ring (bicyclic) bond motifs is 2. The summed E-state index contributed by atoms with van der Waals surface area (Å²) in [5.74, 6) is -7.21. The number of ketones is 2. The van der Waals surface area contributed by atoms with Gasteiger partial charge in [0.2, 0.25) is 11.2 Å². The molecular weight excluding hydrogens is 608 g/mol. The van der Waals surface area contributed by atoms with E-state index >= 15 is 0 Å². The number of esters is 4. The fourth-order valence-corrected chi connectivity index (χ4v) is 6.99. The second-order valence-electron chi connectivity index (χ2n) is 12.0. The lowest BCUT2D eigenvalue weighted by atomic mass is 9.79. The minimum absolute atomic E-state index is 0.00218. The third kappa shape index (κ3) is 4.37. The Labute approximate surface area is 261 Å². The molecule has 2 saturated heterocycles. The van der Waals surface area contributed by atoms with Crippen LogP contribution >= 0.6 is 0 Å². The first kappa shape index (κ1) is 30.9. The van der Waals surface area contributed by atoms with Crippen LogP contribution in [0.25, 0.3) is 11.1 Å². The van der Waals surface area contributed by atoms with Crippen molar-refractivity contribution in [3.05, 3.63) is 35.4 Å². The third-order valence-electron chi connectivity index (χ3n) is 9.05. The van der Waals surface area contributed by atoms with Crippen LogP contribution in [-0.2, 0) is 38.1 Å². The van der Waals surface area contributed by atoms with E-state index in [-0.39, 0.29) is 46.6 Å². The number of methoxy groups -OCH3 is 2. The molecule has 2 aromatic carbocycles. The van der Waals surface area contributed by atoms with Gasteiger partial charge in [-0.1, -0.05) is 13.8 Å². The van der Waals surface area contributed by atoms with Crippen molar-refractivity contribution in [2.45, 2.75) is 62.9 Å². The van der Waals surface area contributed by atoms with Gasteiger partial charge in [-0.15, -0.1) is 0 Å². The molecule has 0 aromatic heterocycles. The van der Waals surface area contributed by atoms with Gasteiger partial charge in [0.05, 0.1) is 39.9 Å². The molecule has 0 radical (unpaired) electrons. The summed E-state index contributed by atoms with van der Waals surface area (Å²) in [7, 11) is 2.19. The van der Waals surface area contributed by atoms with Crippen molar-refractivity contribution in [3.63, 3.8) is 0 Å². The molecule has 0 amide bonds. The maximum absolute atomic E-state index is 13.7.